The Morgan fingerprint density at radius 2 is 2.07 bits per heavy atom. The Labute approximate surface area is 175 Å². The van der Waals surface area contributed by atoms with Gasteiger partial charge in [0.25, 0.3) is 5.91 Å². The number of nitrogens with one attached hydrogen (secondary N) is 1. The van der Waals surface area contributed by atoms with Crippen molar-refractivity contribution in [2.45, 2.75) is 13.5 Å². The number of anilines is 2. The van der Waals surface area contributed by atoms with Gasteiger partial charge in [-0.05, 0) is 31.2 Å². The van der Waals surface area contributed by atoms with Crippen LogP contribution in [0.1, 0.15) is 21.7 Å². The first-order valence-electron chi connectivity index (χ1n) is 9.26. The highest BCUT2D eigenvalue weighted by Crippen LogP contribution is 2.29. The number of nitrogen functional groups attached to an aromatic ring is 1. The lowest BCUT2D eigenvalue weighted by Crippen LogP contribution is -2.12. The fourth-order valence-electron chi connectivity index (χ4n) is 3.40. The van der Waals surface area contributed by atoms with Crippen LogP contribution < -0.4 is 11.1 Å². The van der Waals surface area contributed by atoms with Gasteiger partial charge in [-0.25, -0.2) is 9.97 Å². The van der Waals surface area contributed by atoms with Crippen LogP contribution >= 0.6 is 11.3 Å². The minimum Gasteiger partial charge on any atom is -0.382 e. The summed E-state index contributed by atoms with van der Waals surface area (Å²) in [6.45, 7) is 2.51. The molecule has 0 radical (unpaired) electrons. The third-order valence-electron chi connectivity index (χ3n) is 4.82. The SMILES string of the molecule is Cc1cccc(Cn2ncc3c(NC(=O)c4csc5c(N)ncnc45)cccc32)n1. The van der Waals surface area contributed by atoms with Crippen molar-refractivity contribution in [1.29, 1.82) is 0 Å². The molecule has 4 heterocycles. The molecule has 0 spiro atoms. The van der Waals surface area contributed by atoms with Crippen molar-refractivity contribution in [3.05, 3.63) is 71.3 Å². The number of carbonyl (C=O) groups excluding carboxylic acids is 1. The lowest BCUT2D eigenvalue weighted by atomic mass is 10.2. The third-order valence-corrected chi connectivity index (χ3v) is 5.81. The lowest BCUT2D eigenvalue weighted by molar-refractivity contribution is 0.102. The Morgan fingerprint density at radius 1 is 1.20 bits per heavy atom. The molecule has 5 rings (SSSR count). The van der Waals surface area contributed by atoms with Crippen LogP contribution in [-0.4, -0.2) is 30.6 Å². The van der Waals surface area contributed by atoms with Crippen LogP contribution in [0.4, 0.5) is 11.5 Å². The van der Waals surface area contributed by atoms with Crippen LogP contribution in [0.3, 0.4) is 0 Å². The second-order valence-electron chi connectivity index (χ2n) is 6.85. The van der Waals surface area contributed by atoms with E-state index < -0.39 is 0 Å². The van der Waals surface area contributed by atoms with Gasteiger partial charge in [-0.1, -0.05) is 12.1 Å². The van der Waals surface area contributed by atoms with Gasteiger partial charge >= 0.3 is 0 Å². The Kier molecular flexibility index (Phi) is 4.36. The molecule has 0 saturated carbocycles. The first-order valence-corrected chi connectivity index (χ1v) is 10.1. The summed E-state index contributed by atoms with van der Waals surface area (Å²) in [6.07, 6.45) is 3.12. The van der Waals surface area contributed by atoms with Crippen LogP contribution in [0.25, 0.3) is 21.1 Å². The van der Waals surface area contributed by atoms with Crippen molar-refractivity contribution < 1.29 is 4.79 Å². The normalized spacial score (nSPS) is 11.2. The van der Waals surface area contributed by atoms with Gasteiger partial charge in [0.1, 0.15) is 12.1 Å². The van der Waals surface area contributed by atoms with Crippen LogP contribution in [0, 0.1) is 6.92 Å². The van der Waals surface area contributed by atoms with Crippen molar-refractivity contribution in [1.82, 2.24) is 24.7 Å². The van der Waals surface area contributed by atoms with Crippen molar-refractivity contribution in [2.24, 2.45) is 0 Å². The predicted molar refractivity (Wildman–Crippen MR) is 118 cm³/mol. The summed E-state index contributed by atoms with van der Waals surface area (Å²) in [7, 11) is 0. The molecule has 0 saturated heterocycles. The van der Waals surface area contributed by atoms with Gasteiger partial charge in [0.15, 0.2) is 0 Å². The average Bonchev–Trinajstić information content (AvgIpc) is 3.34. The molecule has 0 fully saturated rings. The number of rotatable bonds is 4. The van der Waals surface area contributed by atoms with Gasteiger partial charge in [-0.15, -0.1) is 11.3 Å². The van der Waals surface area contributed by atoms with E-state index in [9.17, 15) is 4.79 Å². The maximum atomic E-state index is 12.9. The van der Waals surface area contributed by atoms with Gasteiger partial charge in [-0.2, -0.15) is 5.10 Å². The first-order chi connectivity index (χ1) is 14.6. The monoisotopic (exact) mass is 415 g/mol. The van der Waals surface area contributed by atoms with Crippen molar-refractivity contribution >= 4 is 49.9 Å². The summed E-state index contributed by atoms with van der Waals surface area (Å²) in [5.74, 6) is 0.122. The summed E-state index contributed by atoms with van der Waals surface area (Å²) >= 11 is 1.36. The van der Waals surface area contributed by atoms with Gasteiger partial charge in [0.2, 0.25) is 0 Å². The molecule has 0 atom stereocenters. The first kappa shape index (κ1) is 18.2. The van der Waals surface area contributed by atoms with E-state index in [1.54, 1.807) is 11.6 Å². The molecule has 3 N–H and O–H groups in total. The number of benzene rings is 1. The number of nitrogens with zero attached hydrogens (tertiary/aromatic N) is 5. The van der Waals surface area contributed by atoms with Gasteiger partial charge in [0, 0.05) is 16.5 Å². The number of hydrogen-bond donors (Lipinski definition) is 2. The molecule has 30 heavy (non-hydrogen) atoms. The number of aromatic nitrogens is 5. The average molecular weight is 415 g/mol. The standard InChI is InChI=1S/C21H17N7OS/c1-12-4-2-5-13(26-12)9-28-17-7-3-6-16(14(17)8-25-28)27-21(29)15-10-30-19-18(15)23-11-24-20(19)22/h2-8,10-11H,9H2,1H3,(H,27,29)(H2,22,23,24). The van der Waals surface area contributed by atoms with E-state index in [4.69, 9.17) is 5.73 Å². The topological polar surface area (TPSA) is 112 Å². The second-order valence-corrected chi connectivity index (χ2v) is 7.73. The zero-order chi connectivity index (χ0) is 20.7. The summed E-state index contributed by atoms with van der Waals surface area (Å²) in [4.78, 5) is 25.7. The molecule has 0 aliphatic rings. The summed E-state index contributed by atoms with van der Waals surface area (Å²) in [6, 6.07) is 11.6. The van der Waals surface area contributed by atoms with E-state index in [1.807, 2.05) is 48.0 Å². The van der Waals surface area contributed by atoms with Gasteiger partial charge in [0.05, 0.1) is 45.4 Å². The molecule has 0 unspecified atom stereocenters. The maximum absolute atomic E-state index is 12.9. The number of carbonyl (C=O) groups is 1. The molecule has 0 aliphatic heterocycles. The molecule has 0 aliphatic carbocycles. The Morgan fingerprint density at radius 3 is 2.93 bits per heavy atom. The number of thiophene rings is 1. The number of aryl methyl sites for hydroxylation is 1. The van der Waals surface area contributed by atoms with Crippen LogP contribution in [0.5, 0.6) is 0 Å². The second kappa shape index (κ2) is 7.20. The predicted octanol–water partition coefficient (Wildman–Crippen LogP) is 3.63. The minimum absolute atomic E-state index is 0.250. The lowest BCUT2D eigenvalue weighted by Gasteiger charge is -2.07. The van der Waals surface area contributed by atoms with Crippen molar-refractivity contribution in [3.63, 3.8) is 0 Å². The number of pyridine rings is 1. The highest BCUT2D eigenvalue weighted by molar-refractivity contribution is 7.18. The molecule has 8 nitrogen and oxygen atoms in total. The Hall–Kier alpha value is -3.85. The van der Waals surface area contributed by atoms with Crippen LogP contribution in [0.15, 0.2) is 54.3 Å². The number of nitrogens with two attached hydrogens (primary N) is 1. The Bertz CT molecular complexity index is 1410. The zero-order valence-corrected chi connectivity index (χ0v) is 16.8. The quantitative estimate of drug-likeness (QED) is 0.464. The Balaban J connectivity index is 1.47. The molecule has 4 aromatic heterocycles. The molecule has 1 amide bonds. The summed E-state index contributed by atoms with van der Waals surface area (Å²) < 4.78 is 2.58. The van der Waals surface area contributed by atoms with E-state index in [0.29, 0.717) is 33.8 Å². The third kappa shape index (κ3) is 3.15. The summed E-state index contributed by atoms with van der Waals surface area (Å²) in [5, 5.41) is 10.1. The number of fused-ring (bicyclic) bond motifs is 2. The van der Waals surface area contributed by atoms with Crippen LogP contribution in [0.2, 0.25) is 0 Å². The highest BCUT2D eigenvalue weighted by Gasteiger charge is 2.17. The van der Waals surface area contributed by atoms with E-state index in [0.717, 1.165) is 22.3 Å². The van der Waals surface area contributed by atoms with E-state index >= 15 is 0 Å². The molecular formula is C21H17N7OS. The summed E-state index contributed by atoms with van der Waals surface area (Å²) in [5.41, 5.74) is 10.4. The smallest absolute Gasteiger partial charge is 0.258 e. The molecule has 5 aromatic rings. The van der Waals surface area contributed by atoms with Gasteiger partial charge in [-0.3, -0.25) is 14.5 Å². The minimum atomic E-state index is -0.250. The molecule has 0 bridgehead atoms. The molecular weight excluding hydrogens is 398 g/mol. The molecule has 1 aromatic carbocycles. The molecule has 9 heteroatoms. The number of amides is 1. The van der Waals surface area contributed by atoms with E-state index in [-0.39, 0.29) is 5.91 Å². The largest absolute Gasteiger partial charge is 0.382 e. The van der Waals surface area contributed by atoms with E-state index in [1.165, 1.54) is 17.7 Å². The van der Waals surface area contributed by atoms with Crippen LogP contribution in [-0.2, 0) is 6.54 Å². The fraction of sp³-hybridized carbons (Fsp3) is 0.0952. The molecule has 148 valence electrons. The highest BCUT2D eigenvalue weighted by atomic mass is 32.1. The van der Waals surface area contributed by atoms with Crippen molar-refractivity contribution in [2.75, 3.05) is 11.1 Å². The van der Waals surface area contributed by atoms with Crippen molar-refractivity contribution in [3.8, 4) is 0 Å². The van der Waals surface area contributed by atoms with Gasteiger partial charge < -0.3 is 11.1 Å². The zero-order valence-electron chi connectivity index (χ0n) is 16.0. The van der Waals surface area contributed by atoms with E-state index in [2.05, 4.69) is 25.4 Å². The maximum Gasteiger partial charge on any atom is 0.258 e. The fourth-order valence-corrected chi connectivity index (χ4v) is 4.30. The number of hydrogen-bond acceptors (Lipinski definition) is 7.